The molecule has 0 aliphatic carbocycles. The first-order valence-corrected chi connectivity index (χ1v) is 9.77. The molecule has 1 saturated heterocycles. The first kappa shape index (κ1) is 18.0. The Morgan fingerprint density at radius 1 is 1.28 bits per heavy atom. The topological polar surface area (TPSA) is 95.1 Å². The van der Waals surface area contributed by atoms with Gasteiger partial charge in [-0.05, 0) is 44.2 Å². The number of hydrogen-bond acceptors (Lipinski definition) is 5. The highest BCUT2D eigenvalue weighted by Gasteiger charge is 2.30. The van der Waals surface area contributed by atoms with Crippen LogP contribution in [0.4, 0.5) is 0 Å². The maximum atomic E-state index is 12.3. The Balaban J connectivity index is 1.72. The van der Waals surface area contributed by atoms with Gasteiger partial charge in [-0.1, -0.05) is 0 Å². The van der Waals surface area contributed by atoms with Gasteiger partial charge in [-0.15, -0.1) is 0 Å². The Bertz CT molecular complexity index is 833. The minimum atomic E-state index is -3.35. The van der Waals surface area contributed by atoms with Crippen molar-refractivity contribution >= 4 is 10.2 Å². The van der Waals surface area contributed by atoms with E-state index >= 15 is 0 Å². The third kappa shape index (κ3) is 4.05. The standard InChI is InChI=1S/C16H24N6O2S/c1-12-7-16(20-19-12)15-9-14(17-11-18-15)8-13-5-4-6-22(10-13)25(23,24)21(2)3/h7,9,11,13H,4-6,8,10H2,1-3H3,(H,19,20)/t13-/m0/s1. The molecule has 2 aromatic rings. The van der Waals surface area contributed by atoms with Gasteiger partial charge < -0.3 is 0 Å². The van der Waals surface area contributed by atoms with Gasteiger partial charge in [-0.3, -0.25) is 5.10 Å². The van der Waals surface area contributed by atoms with Crippen molar-refractivity contribution in [2.75, 3.05) is 27.2 Å². The molecule has 0 aromatic carbocycles. The zero-order valence-corrected chi connectivity index (χ0v) is 15.6. The summed E-state index contributed by atoms with van der Waals surface area (Å²) in [6, 6.07) is 3.88. The number of nitrogens with zero attached hydrogens (tertiary/aromatic N) is 5. The molecule has 0 unspecified atom stereocenters. The van der Waals surface area contributed by atoms with E-state index in [0.717, 1.165) is 42.0 Å². The zero-order chi connectivity index (χ0) is 18.0. The van der Waals surface area contributed by atoms with Crippen LogP contribution in [-0.2, 0) is 16.6 Å². The lowest BCUT2D eigenvalue weighted by Crippen LogP contribution is -2.45. The SMILES string of the molecule is Cc1cc(-c2cc(C[C@@H]3CCCN(S(=O)(=O)N(C)C)C3)ncn2)n[nH]1. The molecule has 1 aliphatic heterocycles. The molecule has 25 heavy (non-hydrogen) atoms. The number of hydrogen-bond donors (Lipinski definition) is 1. The Labute approximate surface area is 148 Å². The number of rotatable bonds is 5. The van der Waals surface area contributed by atoms with Crippen LogP contribution in [0, 0.1) is 12.8 Å². The molecule has 3 heterocycles. The van der Waals surface area contributed by atoms with Gasteiger partial charge in [0.1, 0.15) is 12.0 Å². The van der Waals surface area contributed by atoms with Crippen LogP contribution < -0.4 is 0 Å². The third-order valence-corrected chi connectivity index (χ3v) is 6.37. The van der Waals surface area contributed by atoms with Gasteiger partial charge in [-0.2, -0.15) is 22.1 Å². The largest absolute Gasteiger partial charge is 0.282 e. The Morgan fingerprint density at radius 2 is 2.08 bits per heavy atom. The Kier molecular flexibility index (Phi) is 5.16. The molecule has 0 saturated carbocycles. The maximum Gasteiger partial charge on any atom is 0.281 e. The molecule has 8 nitrogen and oxygen atoms in total. The molecule has 1 N–H and O–H groups in total. The normalized spacial score (nSPS) is 19.4. The fraction of sp³-hybridized carbons (Fsp3) is 0.562. The highest BCUT2D eigenvalue weighted by atomic mass is 32.2. The molecule has 0 spiro atoms. The van der Waals surface area contributed by atoms with Gasteiger partial charge in [0.15, 0.2) is 0 Å². The fourth-order valence-electron chi connectivity index (χ4n) is 3.13. The molecule has 1 atom stereocenters. The summed E-state index contributed by atoms with van der Waals surface area (Å²) >= 11 is 0. The van der Waals surface area contributed by atoms with Crippen LogP contribution in [0.5, 0.6) is 0 Å². The van der Waals surface area contributed by atoms with Gasteiger partial charge in [0.2, 0.25) is 0 Å². The number of nitrogens with one attached hydrogen (secondary N) is 1. The molecule has 1 aliphatic rings. The number of aromatic nitrogens is 4. The predicted molar refractivity (Wildman–Crippen MR) is 95.0 cm³/mol. The highest BCUT2D eigenvalue weighted by Crippen LogP contribution is 2.24. The molecule has 2 aromatic heterocycles. The second-order valence-corrected chi connectivity index (χ2v) is 8.83. The van der Waals surface area contributed by atoms with Crippen molar-refractivity contribution in [1.29, 1.82) is 0 Å². The molecule has 9 heteroatoms. The van der Waals surface area contributed by atoms with Crippen molar-refractivity contribution in [3.63, 3.8) is 0 Å². The number of aromatic amines is 1. The Morgan fingerprint density at radius 3 is 2.76 bits per heavy atom. The summed E-state index contributed by atoms with van der Waals surface area (Å²) in [4.78, 5) is 8.65. The van der Waals surface area contributed by atoms with Crippen molar-refractivity contribution in [2.45, 2.75) is 26.2 Å². The minimum absolute atomic E-state index is 0.257. The zero-order valence-electron chi connectivity index (χ0n) is 14.8. The summed E-state index contributed by atoms with van der Waals surface area (Å²) in [6.07, 6.45) is 4.15. The van der Waals surface area contributed by atoms with Crippen LogP contribution >= 0.6 is 0 Å². The molecular weight excluding hydrogens is 340 g/mol. The number of aryl methyl sites for hydroxylation is 1. The molecule has 0 amide bonds. The number of H-pyrrole nitrogens is 1. The van der Waals surface area contributed by atoms with Crippen molar-refractivity contribution < 1.29 is 8.42 Å². The van der Waals surface area contributed by atoms with Crippen LogP contribution in [0.2, 0.25) is 0 Å². The summed E-state index contributed by atoms with van der Waals surface area (Å²) in [6.45, 7) is 3.06. The first-order valence-electron chi connectivity index (χ1n) is 8.37. The van der Waals surface area contributed by atoms with Gasteiger partial charge >= 0.3 is 0 Å². The first-order chi connectivity index (χ1) is 11.9. The highest BCUT2D eigenvalue weighted by molar-refractivity contribution is 7.86. The summed E-state index contributed by atoms with van der Waals surface area (Å²) in [5.74, 6) is 0.257. The van der Waals surface area contributed by atoms with Crippen molar-refractivity contribution in [2.24, 2.45) is 5.92 Å². The average molecular weight is 364 g/mol. The van der Waals surface area contributed by atoms with Gasteiger partial charge in [0, 0.05) is 38.6 Å². The lowest BCUT2D eigenvalue weighted by atomic mass is 9.94. The van der Waals surface area contributed by atoms with Gasteiger partial charge in [-0.25, -0.2) is 9.97 Å². The van der Waals surface area contributed by atoms with E-state index in [1.807, 2.05) is 19.1 Å². The van der Waals surface area contributed by atoms with E-state index < -0.39 is 10.2 Å². The van der Waals surface area contributed by atoms with Crippen LogP contribution in [-0.4, -0.2) is 64.4 Å². The predicted octanol–water partition coefficient (Wildman–Crippen LogP) is 1.24. The van der Waals surface area contributed by atoms with Crippen LogP contribution in [0.1, 0.15) is 24.2 Å². The van der Waals surface area contributed by atoms with E-state index in [1.54, 1.807) is 24.7 Å². The summed E-state index contributed by atoms with van der Waals surface area (Å²) in [5.41, 5.74) is 3.47. The molecule has 3 rings (SSSR count). The van der Waals surface area contributed by atoms with Gasteiger partial charge in [0.05, 0.1) is 5.69 Å². The monoisotopic (exact) mass is 364 g/mol. The quantitative estimate of drug-likeness (QED) is 0.861. The van der Waals surface area contributed by atoms with Gasteiger partial charge in [0.25, 0.3) is 10.2 Å². The molecular formula is C16H24N6O2S. The molecule has 1 fully saturated rings. The lowest BCUT2D eigenvalue weighted by molar-refractivity contribution is 0.253. The van der Waals surface area contributed by atoms with E-state index in [-0.39, 0.29) is 5.92 Å². The second kappa shape index (κ2) is 7.19. The Hall–Kier alpha value is -1.84. The summed E-state index contributed by atoms with van der Waals surface area (Å²) < 4.78 is 27.5. The average Bonchev–Trinajstić information content (AvgIpc) is 3.02. The van der Waals surface area contributed by atoms with E-state index in [0.29, 0.717) is 13.1 Å². The smallest absolute Gasteiger partial charge is 0.281 e. The number of piperidine rings is 1. The van der Waals surface area contributed by atoms with Crippen LogP contribution in [0.25, 0.3) is 11.4 Å². The summed E-state index contributed by atoms with van der Waals surface area (Å²) in [5, 5.41) is 7.14. The molecule has 0 bridgehead atoms. The van der Waals surface area contributed by atoms with Crippen LogP contribution in [0.15, 0.2) is 18.5 Å². The second-order valence-electron chi connectivity index (χ2n) is 6.69. The third-order valence-electron chi connectivity index (χ3n) is 4.46. The van der Waals surface area contributed by atoms with Crippen molar-refractivity contribution in [3.05, 3.63) is 29.8 Å². The van der Waals surface area contributed by atoms with E-state index in [9.17, 15) is 8.42 Å². The summed E-state index contributed by atoms with van der Waals surface area (Å²) in [7, 11) is -0.212. The van der Waals surface area contributed by atoms with E-state index in [4.69, 9.17) is 0 Å². The van der Waals surface area contributed by atoms with E-state index in [2.05, 4.69) is 20.2 Å². The lowest BCUT2D eigenvalue weighted by Gasteiger charge is -2.33. The fourth-order valence-corrected chi connectivity index (χ4v) is 4.35. The van der Waals surface area contributed by atoms with Crippen LogP contribution in [0.3, 0.4) is 0 Å². The van der Waals surface area contributed by atoms with E-state index in [1.165, 1.54) is 4.31 Å². The molecule has 136 valence electrons. The minimum Gasteiger partial charge on any atom is -0.282 e. The van der Waals surface area contributed by atoms with Crippen molar-refractivity contribution in [3.8, 4) is 11.4 Å². The molecule has 0 radical (unpaired) electrons. The maximum absolute atomic E-state index is 12.3. The van der Waals surface area contributed by atoms with Crippen molar-refractivity contribution in [1.82, 2.24) is 28.8 Å².